The van der Waals surface area contributed by atoms with Crippen LogP contribution in [0.1, 0.15) is 23.6 Å². The minimum atomic E-state index is -4.37. The lowest BCUT2D eigenvalue weighted by Crippen LogP contribution is -2.04. The van der Waals surface area contributed by atoms with Crippen molar-refractivity contribution in [1.82, 2.24) is 10.2 Å². The molecule has 0 N–H and O–H groups in total. The zero-order chi connectivity index (χ0) is 18.0. The first-order chi connectivity index (χ1) is 11.8. The average Bonchev–Trinajstić information content (AvgIpc) is 3.04. The van der Waals surface area contributed by atoms with Gasteiger partial charge in [-0.3, -0.25) is 0 Å². The monoisotopic (exact) mass is 384 g/mol. The highest BCUT2D eigenvalue weighted by Crippen LogP contribution is 2.38. The van der Waals surface area contributed by atoms with E-state index in [1.807, 2.05) is 0 Å². The van der Waals surface area contributed by atoms with Gasteiger partial charge in [-0.25, -0.2) is 0 Å². The maximum Gasteiger partial charge on any atom is 0.416 e. The number of thioether (sulfide) groups is 1. The van der Waals surface area contributed by atoms with Crippen molar-refractivity contribution in [3.63, 3.8) is 0 Å². The van der Waals surface area contributed by atoms with E-state index in [2.05, 4.69) is 10.2 Å². The van der Waals surface area contributed by atoms with Crippen LogP contribution in [0.15, 0.2) is 57.8 Å². The summed E-state index contributed by atoms with van der Waals surface area (Å²) in [6, 6.07) is 12.1. The molecule has 0 saturated carbocycles. The zero-order valence-electron chi connectivity index (χ0n) is 12.9. The SMILES string of the molecule is C[C@@H](Sc1cccc(C(F)(F)F)c1)c1nnc(-c2cccc(Cl)c2)o1. The van der Waals surface area contributed by atoms with E-state index in [9.17, 15) is 13.2 Å². The standard InChI is InChI=1S/C17H12ClF3N2OS/c1-10(25-14-7-3-5-12(9-14)17(19,20)21)15-22-23-16(24-15)11-4-2-6-13(18)8-11/h2-10H,1H3/t10-/m1/s1. The van der Waals surface area contributed by atoms with E-state index < -0.39 is 11.7 Å². The van der Waals surface area contributed by atoms with Gasteiger partial charge in [-0.15, -0.1) is 22.0 Å². The van der Waals surface area contributed by atoms with Crippen LogP contribution in [-0.2, 0) is 6.18 Å². The number of benzene rings is 2. The number of hydrogen-bond donors (Lipinski definition) is 0. The van der Waals surface area contributed by atoms with Crippen molar-refractivity contribution >= 4 is 23.4 Å². The molecule has 0 radical (unpaired) electrons. The summed E-state index contributed by atoms with van der Waals surface area (Å²) in [5, 5.41) is 8.21. The van der Waals surface area contributed by atoms with Gasteiger partial charge in [-0.05, 0) is 43.3 Å². The second-order valence-electron chi connectivity index (χ2n) is 5.24. The predicted octanol–water partition coefficient (Wildman–Crippen LogP) is 6.26. The molecule has 0 aliphatic heterocycles. The lowest BCUT2D eigenvalue weighted by atomic mass is 10.2. The van der Waals surface area contributed by atoms with Gasteiger partial charge >= 0.3 is 6.18 Å². The summed E-state index contributed by atoms with van der Waals surface area (Å²) in [4.78, 5) is 0.477. The van der Waals surface area contributed by atoms with Crippen LogP contribution in [0.2, 0.25) is 5.02 Å². The Morgan fingerprint density at radius 3 is 2.56 bits per heavy atom. The summed E-state index contributed by atoms with van der Waals surface area (Å²) in [5.74, 6) is 0.645. The van der Waals surface area contributed by atoms with Crippen LogP contribution in [0.3, 0.4) is 0 Å². The predicted molar refractivity (Wildman–Crippen MR) is 90.5 cm³/mol. The van der Waals surface area contributed by atoms with Crippen LogP contribution >= 0.6 is 23.4 Å². The van der Waals surface area contributed by atoms with E-state index in [0.717, 1.165) is 12.1 Å². The first kappa shape index (κ1) is 17.8. The maximum absolute atomic E-state index is 12.8. The molecular weight excluding hydrogens is 373 g/mol. The number of aromatic nitrogens is 2. The number of alkyl halides is 3. The second kappa shape index (κ2) is 7.09. The molecule has 0 saturated heterocycles. The van der Waals surface area contributed by atoms with Gasteiger partial charge in [0.05, 0.1) is 10.8 Å². The van der Waals surface area contributed by atoms with E-state index in [1.165, 1.54) is 17.8 Å². The number of rotatable bonds is 4. The fourth-order valence-corrected chi connectivity index (χ4v) is 3.28. The Kier molecular flexibility index (Phi) is 5.06. The van der Waals surface area contributed by atoms with Gasteiger partial charge in [-0.2, -0.15) is 13.2 Å². The summed E-state index contributed by atoms with van der Waals surface area (Å²) in [6.07, 6.45) is -4.37. The Morgan fingerprint density at radius 2 is 1.84 bits per heavy atom. The van der Waals surface area contributed by atoms with Crippen LogP contribution < -0.4 is 0 Å². The van der Waals surface area contributed by atoms with Gasteiger partial charge < -0.3 is 4.42 Å². The van der Waals surface area contributed by atoms with Crippen molar-refractivity contribution in [2.75, 3.05) is 0 Å². The zero-order valence-corrected chi connectivity index (χ0v) is 14.5. The van der Waals surface area contributed by atoms with Gasteiger partial charge in [0.15, 0.2) is 0 Å². The summed E-state index contributed by atoms with van der Waals surface area (Å²) in [6.45, 7) is 1.79. The molecule has 1 aromatic heterocycles. The van der Waals surface area contributed by atoms with Gasteiger partial charge in [0.2, 0.25) is 11.8 Å². The van der Waals surface area contributed by atoms with Crippen molar-refractivity contribution in [2.24, 2.45) is 0 Å². The molecule has 25 heavy (non-hydrogen) atoms. The summed E-state index contributed by atoms with van der Waals surface area (Å²) < 4.78 is 44.0. The van der Waals surface area contributed by atoms with Crippen LogP contribution in [0.5, 0.6) is 0 Å². The van der Waals surface area contributed by atoms with Crippen LogP contribution in [0.4, 0.5) is 13.2 Å². The Bertz CT molecular complexity index is 882. The summed E-state index contributed by atoms with van der Waals surface area (Å²) >= 11 is 7.15. The van der Waals surface area contributed by atoms with Gasteiger partial charge in [0.25, 0.3) is 0 Å². The normalized spacial score (nSPS) is 13.0. The van der Waals surface area contributed by atoms with Crippen molar-refractivity contribution in [2.45, 2.75) is 23.2 Å². The Hall–Kier alpha value is -1.99. The highest BCUT2D eigenvalue weighted by Gasteiger charge is 2.30. The van der Waals surface area contributed by atoms with Gasteiger partial charge in [0, 0.05) is 15.5 Å². The molecule has 0 bridgehead atoms. The smallest absolute Gasteiger partial charge is 0.416 e. The average molecular weight is 385 g/mol. The van der Waals surface area contributed by atoms with Crippen LogP contribution in [0, 0.1) is 0 Å². The van der Waals surface area contributed by atoms with E-state index >= 15 is 0 Å². The van der Waals surface area contributed by atoms with Crippen LogP contribution in [0.25, 0.3) is 11.5 Å². The van der Waals surface area contributed by atoms with Crippen molar-refractivity contribution in [3.05, 3.63) is 65.0 Å². The fraction of sp³-hybridized carbons (Fsp3) is 0.176. The number of nitrogens with zero attached hydrogens (tertiary/aromatic N) is 2. The Morgan fingerprint density at radius 1 is 1.08 bits per heavy atom. The second-order valence-corrected chi connectivity index (χ2v) is 7.09. The van der Waals surface area contributed by atoms with Gasteiger partial charge in [0.1, 0.15) is 0 Å². The van der Waals surface area contributed by atoms with E-state index in [-0.39, 0.29) is 5.25 Å². The largest absolute Gasteiger partial charge is 0.419 e. The lowest BCUT2D eigenvalue weighted by molar-refractivity contribution is -0.137. The molecular formula is C17H12ClF3N2OS. The highest BCUT2D eigenvalue weighted by molar-refractivity contribution is 7.99. The number of hydrogen-bond acceptors (Lipinski definition) is 4. The quantitative estimate of drug-likeness (QED) is 0.497. The maximum atomic E-state index is 12.8. The molecule has 0 aliphatic carbocycles. The summed E-state index contributed by atoms with van der Waals surface area (Å²) in [5.41, 5.74) is -0.00244. The molecule has 0 unspecified atom stereocenters. The van der Waals surface area contributed by atoms with E-state index in [4.69, 9.17) is 16.0 Å². The molecule has 0 fully saturated rings. The third-order valence-corrected chi connectivity index (χ3v) is 4.65. The molecule has 1 atom stereocenters. The lowest BCUT2D eigenvalue weighted by Gasteiger charge is -2.10. The molecule has 1 heterocycles. The molecule has 0 aliphatic rings. The number of halogens is 4. The van der Waals surface area contributed by atoms with Gasteiger partial charge in [-0.1, -0.05) is 23.7 Å². The Balaban J connectivity index is 1.77. The molecule has 3 nitrogen and oxygen atoms in total. The molecule has 130 valence electrons. The fourth-order valence-electron chi connectivity index (χ4n) is 2.14. The molecule has 8 heteroatoms. The van der Waals surface area contributed by atoms with E-state index in [1.54, 1.807) is 37.3 Å². The molecule has 3 rings (SSSR count). The topological polar surface area (TPSA) is 38.9 Å². The minimum Gasteiger partial charge on any atom is -0.419 e. The minimum absolute atomic E-state index is 0.302. The Labute approximate surface area is 151 Å². The van der Waals surface area contributed by atoms with E-state index in [0.29, 0.717) is 27.3 Å². The summed E-state index contributed by atoms with van der Waals surface area (Å²) in [7, 11) is 0. The molecule has 0 spiro atoms. The van der Waals surface area contributed by atoms with Crippen molar-refractivity contribution in [1.29, 1.82) is 0 Å². The molecule has 3 aromatic rings. The van der Waals surface area contributed by atoms with Crippen molar-refractivity contribution in [3.8, 4) is 11.5 Å². The third-order valence-electron chi connectivity index (χ3n) is 3.33. The molecule has 2 aromatic carbocycles. The third kappa shape index (κ3) is 4.35. The van der Waals surface area contributed by atoms with Crippen LogP contribution in [-0.4, -0.2) is 10.2 Å². The first-order valence-corrected chi connectivity index (χ1v) is 8.52. The first-order valence-electron chi connectivity index (χ1n) is 7.26. The van der Waals surface area contributed by atoms with Crippen molar-refractivity contribution < 1.29 is 17.6 Å². The molecule has 0 amide bonds. The highest BCUT2D eigenvalue weighted by atomic mass is 35.5.